The van der Waals surface area contributed by atoms with Gasteiger partial charge in [-0.1, -0.05) is 13.8 Å². The summed E-state index contributed by atoms with van der Waals surface area (Å²) in [5.41, 5.74) is 1.27. The van der Waals surface area contributed by atoms with Crippen LogP contribution in [0.2, 0.25) is 0 Å². The number of nitrogens with one attached hydrogen (secondary N) is 1. The quantitative estimate of drug-likeness (QED) is 0.665. The highest BCUT2D eigenvalue weighted by Gasteiger charge is 2.02. The molecule has 1 aromatic rings. The maximum absolute atomic E-state index is 4.26. The Morgan fingerprint density at radius 2 is 2.12 bits per heavy atom. The fourth-order valence-electron chi connectivity index (χ4n) is 1.99. The molecule has 0 atom stereocenters. The van der Waals surface area contributed by atoms with E-state index in [1.807, 2.05) is 10.9 Å². The van der Waals surface area contributed by atoms with E-state index in [1.165, 1.54) is 18.7 Å². The van der Waals surface area contributed by atoms with E-state index in [2.05, 4.69) is 42.2 Å². The highest BCUT2D eigenvalue weighted by molar-refractivity contribution is 4.99. The summed E-state index contributed by atoms with van der Waals surface area (Å²) in [6, 6.07) is 2.08. The van der Waals surface area contributed by atoms with Gasteiger partial charge in [0.05, 0.1) is 5.69 Å². The first-order chi connectivity index (χ1) is 8.31. The highest BCUT2D eigenvalue weighted by Crippen LogP contribution is 1.97. The number of hydrogen-bond donors (Lipinski definition) is 1. The summed E-state index contributed by atoms with van der Waals surface area (Å²) in [4.78, 5) is 2.48. The van der Waals surface area contributed by atoms with E-state index in [4.69, 9.17) is 0 Å². The summed E-state index contributed by atoms with van der Waals surface area (Å²) < 4.78 is 2.04. The van der Waals surface area contributed by atoms with Crippen LogP contribution in [0.5, 0.6) is 0 Å². The molecule has 1 aromatic heterocycles. The minimum Gasteiger partial charge on any atom is -0.310 e. The lowest BCUT2D eigenvalue weighted by atomic mass is 10.3. The molecule has 0 radical (unpaired) electrons. The molecular weight excluding hydrogens is 212 g/mol. The monoisotopic (exact) mass is 238 g/mol. The van der Waals surface area contributed by atoms with Gasteiger partial charge in [0.1, 0.15) is 0 Å². The smallest absolute Gasteiger partial charge is 0.0521 e. The van der Waals surface area contributed by atoms with Crippen molar-refractivity contribution in [2.75, 3.05) is 26.2 Å². The number of likely N-dealkylation sites (N-methyl/N-ethyl adjacent to an activating group) is 1. The van der Waals surface area contributed by atoms with Crippen LogP contribution in [-0.2, 0) is 13.1 Å². The van der Waals surface area contributed by atoms with Crippen LogP contribution >= 0.6 is 0 Å². The van der Waals surface area contributed by atoms with Gasteiger partial charge in [0.15, 0.2) is 0 Å². The molecule has 1 heterocycles. The Morgan fingerprint density at radius 1 is 1.29 bits per heavy atom. The molecule has 1 rings (SSSR count). The van der Waals surface area contributed by atoms with E-state index in [0.717, 1.165) is 32.7 Å². The molecule has 4 nitrogen and oxygen atoms in total. The Morgan fingerprint density at radius 3 is 2.76 bits per heavy atom. The van der Waals surface area contributed by atoms with Crippen LogP contribution in [0.25, 0.3) is 0 Å². The van der Waals surface area contributed by atoms with Gasteiger partial charge in [-0.15, -0.1) is 0 Å². The molecule has 0 unspecified atom stereocenters. The van der Waals surface area contributed by atoms with Gasteiger partial charge in [-0.05, 0) is 32.5 Å². The van der Waals surface area contributed by atoms with Crippen LogP contribution in [0.1, 0.15) is 32.9 Å². The molecular formula is C13H26N4. The lowest BCUT2D eigenvalue weighted by Gasteiger charge is -2.19. The molecule has 0 saturated carbocycles. The van der Waals surface area contributed by atoms with Crippen molar-refractivity contribution in [3.05, 3.63) is 18.0 Å². The largest absolute Gasteiger partial charge is 0.310 e. The zero-order valence-electron chi connectivity index (χ0n) is 11.4. The Balaban J connectivity index is 2.19. The second-order valence-electron chi connectivity index (χ2n) is 4.25. The van der Waals surface area contributed by atoms with Crippen molar-refractivity contribution in [3.8, 4) is 0 Å². The fourth-order valence-corrected chi connectivity index (χ4v) is 1.99. The maximum Gasteiger partial charge on any atom is 0.0521 e. The molecule has 0 saturated heterocycles. The molecule has 0 spiro atoms. The van der Waals surface area contributed by atoms with Gasteiger partial charge in [0.2, 0.25) is 0 Å². The molecule has 0 fully saturated rings. The first kappa shape index (κ1) is 14.2. The van der Waals surface area contributed by atoms with Gasteiger partial charge < -0.3 is 10.2 Å². The Bertz CT molecular complexity index is 295. The van der Waals surface area contributed by atoms with Gasteiger partial charge in [-0.2, -0.15) is 5.10 Å². The molecule has 17 heavy (non-hydrogen) atoms. The fraction of sp³-hybridized carbons (Fsp3) is 0.769. The standard InChI is InChI=1S/C13H26N4/c1-4-10-16(5-2)11-9-14-12-13-7-8-15-17(13)6-3/h7-8,14H,4-6,9-12H2,1-3H3. The first-order valence-electron chi connectivity index (χ1n) is 6.75. The predicted molar refractivity (Wildman–Crippen MR) is 72.0 cm³/mol. The minimum absolute atomic E-state index is 0.914. The van der Waals surface area contributed by atoms with Crippen LogP contribution in [0.15, 0.2) is 12.3 Å². The van der Waals surface area contributed by atoms with Gasteiger partial charge in [0, 0.05) is 32.4 Å². The van der Waals surface area contributed by atoms with Gasteiger partial charge in [-0.3, -0.25) is 4.68 Å². The first-order valence-corrected chi connectivity index (χ1v) is 6.75. The average molecular weight is 238 g/mol. The van der Waals surface area contributed by atoms with Crippen molar-refractivity contribution in [2.45, 2.75) is 40.3 Å². The Hall–Kier alpha value is -0.870. The summed E-state index contributed by atoms with van der Waals surface area (Å²) >= 11 is 0. The van der Waals surface area contributed by atoms with Gasteiger partial charge in [-0.25, -0.2) is 0 Å². The molecule has 4 heteroatoms. The Labute approximate surface area is 105 Å². The van der Waals surface area contributed by atoms with E-state index in [-0.39, 0.29) is 0 Å². The maximum atomic E-state index is 4.26. The number of aromatic nitrogens is 2. The second-order valence-corrected chi connectivity index (χ2v) is 4.25. The molecule has 1 N–H and O–H groups in total. The molecule has 98 valence electrons. The number of nitrogens with zero attached hydrogens (tertiary/aromatic N) is 3. The molecule has 0 amide bonds. The molecule has 0 aliphatic rings. The molecule has 0 aliphatic carbocycles. The van der Waals surface area contributed by atoms with Gasteiger partial charge >= 0.3 is 0 Å². The average Bonchev–Trinajstić information content (AvgIpc) is 2.80. The third-order valence-electron chi connectivity index (χ3n) is 3.00. The van der Waals surface area contributed by atoms with E-state index >= 15 is 0 Å². The van der Waals surface area contributed by atoms with Crippen LogP contribution in [0, 0.1) is 0 Å². The van der Waals surface area contributed by atoms with Crippen LogP contribution in [0.4, 0.5) is 0 Å². The minimum atomic E-state index is 0.914. The van der Waals surface area contributed by atoms with E-state index < -0.39 is 0 Å². The van der Waals surface area contributed by atoms with E-state index in [1.54, 1.807) is 0 Å². The zero-order valence-corrected chi connectivity index (χ0v) is 11.4. The predicted octanol–water partition coefficient (Wildman–Crippen LogP) is 1.72. The van der Waals surface area contributed by atoms with Crippen LogP contribution in [0.3, 0.4) is 0 Å². The zero-order chi connectivity index (χ0) is 12.5. The topological polar surface area (TPSA) is 33.1 Å². The normalized spacial score (nSPS) is 11.3. The molecule has 0 aromatic carbocycles. The van der Waals surface area contributed by atoms with E-state index in [9.17, 15) is 0 Å². The summed E-state index contributed by atoms with van der Waals surface area (Å²) in [5, 5.41) is 7.74. The van der Waals surface area contributed by atoms with Crippen molar-refractivity contribution in [1.82, 2.24) is 20.0 Å². The summed E-state index contributed by atoms with van der Waals surface area (Å²) in [5.74, 6) is 0. The van der Waals surface area contributed by atoms with Crippen molar-refractivity contribution >= 4 is 0 Å². The van der Waals surface area contributed by atoms with E-state index in [0.29, 0.717) is 0 Å². The highest BCUT2D eigenvalue weighted by atomic mass is 15.3. The molecule has 0 aliphatic heterocycles. The second kappa shape index (κ2) is 8.25. The third kappa shape index (κ3) is 4.88. The Kier molecular flexibility index (Phi) is 6.89. The lowest BCUT2D eigenvalue weighted by Crippen LogP contribution is -2.32. The van der Waals surface area contributed by atoms with Crippen molar-refractivity contribution in [3.63, 3.8) is 0 Å². The van der Waals surface area contributed by atoms with Crippen LogP contribution in [-0.4, -0.2) is 40.9 Å². The summed E-state index contributed by atoms with van der Waals surface area (Å²) in [6.45, 7) is 13.0. The van der Waals surface area contributed by atoms with Crippen LogP contribution < -0.4 is 5.32 Å². The SMILES string of the molecule is CCCN(CC)CCNCc1ccnn1CC. The summed E-state index contributed by atoms with van der Waals surface area (Å²) in [6.07, 6.45) is 3.10. The number of aryl methyl sites for hydroxylation is 1. The number of rotatable bonds is 9. The van der Waals surface area contributed by atoms with Crippen molar-refractivity contribution in [1.29, 1.82) is 0 Å². The third-order valence-corrected chi connectivity index (χ3v) is 3.00. The van der Waals surface area contributed by atoms with Crippen molar-refractivity contribution in [2.24, 2.45) is 0 Å². The van der Waals surface area contributed by atoms with Crippen molar-refractivity contribution < 1.29 is 0 Å². The van der Waals surface area contributed by atoms with Gasteiger partial charge in [0.25, 0.3) is 0 Å². The summed E-state index contributed by atoms with van der Waals surface area (Å²) in [7, 11) is 0. The number of hydrogen-bond acceptors (Lipinski definition) is 3. The molecule has 0 bridgehead atoms. The lowest BCUT2D eigenvalue weighted by molar-refractivity contribution is 0.287.